The molecule has 2 fully saturated rings. The third kappa shape index (κ3) is 4.64. The van der Waals surface area contributed by atoms with Crippen LogP contribution in [-0.2, 0) is 0 Å². The van der Waals surface area contributed by atoms with Gasteiger partial charge in [-0.1, -0.05) is 34.6 Å². The van der Waals surface area contributed by atoms with E-state index in [9.17, 15) is 0 Å². The Bertz CT molecular complexity index is 295. The molecule has 118 valence electrons. The molecule has 0 aromatic rings. The molecule has 0 radical (unpaired) electrons. The lowest BCUT2D eigenvalue weighted by atomic mass is 9.69. The minimum atomic E-state index is 0.540. The minimum absolute atomic E-state index is 0.540. The topological polar surface area (TPSA) is 15.3 Å². The largest absolute Gasteiger partial charge is 0.314 e. The molecule has 1 aliphatic carbocycles. The van der Waals surface area contributed by atoms with Crippen molar-refractivity contribution in [2.24, 2.45) is 11.3 Å². The maximum Gasteiger partial charge on any atom is 0.0149 e. The van der Waals surface area contributed by atoms with Gasteiger partial charge in [0.1, 0.15) is 0 Å². The number of thioether (sulfide) groups is 1. The zero-order valence-electron chi connectivity index (χ0n) is 14.1. The Hall–Kier alpha value is 0.270. The Morgan fingerprint density at radius 2 is 1.85 bits per heavy atom. The van der Waals surface area contributed by atoms with Gasteiger partial charge in [0.15, 0.2) is 0 Å². The standard InChI is InChI=1S/C17H34N2S/c1-6-18-16-7-8-17(4,5)9-15(16)12-19-10-13(2)20-14(3)11-19/h13-16,18H,6-12H2,1-5H3. The molecule has 4 atom stereocenters. The SMILES string of the molecule is CCNC1CCC(C)(C)CC1CN1CC(C)SC(C)C1. The van der Waals surface area contributed by atoms with Gasteiger partial charge in [0.25, 0.3) is 0 Å². The number of hydrogen-bond acceptors (Lipinski definition) is 3. The third-order valence-electron chi connectivity index (χ3n) is 4.97. The van der Waals surface area contributed by atoms with E-state index in [4.69, 9.17) is 0 Å². The van der Waals surface area contributed by atoms with Gasteiger partial charge in [-0.25, -0.2) is 0 Å². The molecule has 1 N–H and O–H groups in total. The zero-order chi connectivity index (χ0) is 14.8. The van der Waals surface area contributed by atoms with Gasteiger partial charge in [-0.3, -0.25) is 0 Å². The third-order valence-corrected chi connectivity index (χ3v) is 6.20. The van der Waals surface area contributed by atoms with Crippen molar-refractivity contribution >= 4 is 11.8 Å². The van der Waals surface area contributed by atoms with E-state index in [1.54, 1.807) is 0 Å². The fourth-order valence-electron chi connectivity index (χ4n) is 4.22. The molecule has 2 rings (SSSR count). The molecule has 0 aromatic heterocycles. The Morgan fingerprint density at radius 3 is 2.45 bits per heavy atom. The highest BCUT2D eigenvalue weighted by Gasteiger charge is 2.36. The summed E-state index contributed by atoms with van der Waals surface area (Å²) in [6, 6.07) is 0.744. The predicted octanol–water partition coefficient (Wildman–Crippen LogP) is 3.62. The molecule has 1 heterocycles. The summed E-state index contributed by atoms with van der Waals surface area (Å²) in [6.45, 7) is 16.9. The smallest absolute Gasteiger partial charge is 0.0149 e. The van der Waals surface area contributed by atoms with Gasteiger partial charge < -0.3 is 10.2 Å². The van der Waals surface area contributed by atoms with Gasteiger partial charge in [-0.05, 0) is 37.1 Å². The van der Waals surface area contributed by atoms with E-state index in [1.165, 1.54) is 38.9 Å². The van der Waals surface area contributed by atoms with Crippen LogP contribution in [0, 0.1) is 11.3 Å². The van der Waals surface area contributed by atoms with Crippen molar-refractivity contribution < 1.29 is 0 Å². The van der Waals surface area contributed by atoms with Crippen LogP contribution < -0.4 is 5.32 Å². The summed E-state index contributed by atoms with van der Waals surface area (Å²) < 4.78 is 0. The Kier molecular flexibility index (Phi) is 5.84. The van der Waals surface area contributed by atoms with Crippen LogP contribution in [-0.4, -0.2) is 47.6 Å². The zero-order valence-corrected chi connectivity index (χ0v) is 14.9. The van der Waals surface area contributed by atoms with Crippen LogP contribution in [0.25, 0.3) is 0 Å². The summed E-state index contributed by atoms with van der Waals surface area (Å²) in [4.78, 5) is 2.74. The summed E-state index contributed by atoms with van der Waals surface area (Å²) in [5.41, 5.74) is 0.540. The van der Waals surface area contributed by atoms with Gasteiger partial charge in [0.2, 0.25) is 0 Å². The molecule has 1 aliphatic heterocycles. The Labute approximate surface area is 130 Å². The second-order valence-electron chi connectivity index (χ2n) is 7.81. The molecule has 0 spiro atoms. The monoisotopic (exact) mass is 298 g/mol. The van der Waals surface area contributed by atoms with Crippen LogP contribution in [0.1, 0.15) is 53.9 Å². The highest BCUT2D eigenvalue weighted by Crippen LogP contribution is 2.39. The van der Waals surface area contributed by atoms with E-state index >= 15 is 0 Å². The van der Waals surface area contributed by atoms with Crippen LogP contribution in [0.15, 0.2) is 0 Å². The predicted molar refractivity (Wildman–Crippen MR) is 91.5 cm³/mol. The van der Waals surface area contributed by atoms with Gasteiger partial charge in [0, 0.05) is 36.2 Å². The lowest BCUT2D eigenvalue weighted by Crippen LogP contribution is -2.50. The number of nitrogens with one attached hydrogen (secondary N) is 1. The molecule has 1 saturated carbocycles. The van der Waals surface area contributed by atoms with Crippen molar-refractivity contribution in [1.82, 2.24) is 10.2 Å². The van der Waals surface area contributed by atoms with Crippen LogP contribution in [0.2, 0.25) is 0 Å². The number of rotatable bonds is 4. The van der Waals surface area contributed by atoms with Crippen molar-refractivity contribution in [3.8, 4) is 0 Å². The second-order valence-corrected chi connectivity index (χ2v) is 9.69. The van der Waals surface area contributed by atoms with Crippen LogP contribution in [0.4, 0.5) is 0 Å². The molecule has 20 heavy (non-hydrogen) atoms. The highest BCUT2D eigenvalue weighted by atomic mass is 32.2. The van der Waals surface area contributed by atoms with E-state index in [2.05, 4.69) is 56.6 Å². The molecule has 2 nitrogen and oxygen atoms in total. The first-order valence-corrected chi connectivity index (χ1v) is 9.45. The van der Waals surface area contributed by atoms with Gasteiger partial charge in [0.05, 0.1) is 0 Å². The van der Waals surface area contributed by atoms with E-state index in [0.29, 0.717) is 5.41 Å². The van der Waals surface area contributed by atoms with E-state index in [1.807, 2.05) is 0 Å². The van der Waals surface area contributed by atoms with Gasteiger partial charge in [-0.15, -0.1) is 0 Å². The van der Waals surface area contributed by atoms with E-state index in [0.717, 1.165) is 29.0 Å². The molecule has 0 aromatic carbocycles. The van der Waals surface area contributed by atoms with Crippen molar-refractivity contribution in [3.63, 3.8) is 0 Å². The average molecular weight is 299 g/mol. The number of nitrogens with zero attached hydrogens (tertiary/aromatic N) is 1. The first-order chi connectivity index (χ1) is 9.39. The Balaban J connectivity index is 1.95. The van der Waals surface area contributed by atoms with Crippen molar-refractivity contribution in [2.75, 3.05) is 26.2 Å². The van der Waals surface area contributed by atoms with Crippen LogP contribution in [0.5, 0.6) is 0 Å². The van der Waals surface area contributed by atoms with E-state index in [-0.39, 0.29) is 0 Å². The van der Waals surface area contributed by atoms with Crippen molar-refractivity contribution in [2.45, 2.75) is 70.4 Å². The number of hydrogen-bond donors (Lipinski definition) is 1. The summed E-state index contributed by atoms with van der Waals surface area (Å²) in [5, 5.41) is 5.35. The maximum atomic E-state index is 3.75. The molecule has 2 aliphatic rings. The fraction of sp³-hybridized carbons (Fsp3) is 1.00. The summed E-state index contributed by atoms with van der Waals surface area (Å²) in [6.07, 6.45) is 4.13. The van der Waals surface area contributed by atoms with Gasteiger partial charge in [-0.2, -0.15) is 11.8 Å². The van der Waals surface area contributed by atoms with Crippen molar-refractivity contribution in [1.29, 1.82) is 0 Å². The first kappa shape index (κ1) is 16.6. The van der Waals surface area contributed by atoms with Crippen LogP contribution >= 0.6 is 11.8 Å². The first-order valence-electron chi connectivity index (χ1n) is 8.51. The quantitative estimate of drug-likeness (QED) is 0.853. The molecule has 0 amide bonds. The minimum Gasteiger partial charge on any atom is -0.314 e. The van der Waals surface area contributed by atoms with Gasteiger partial charge >= 0.3 is 0 Å². The molecular formula is C17H34N2S. The summed E-state index contributed by atoms with van der Waals surface area (Å²) in [7, 11) is 0. The normalized spacial score (nSPS) is 38.9. The molecule has 0 bridgehead atoms. The van der Waals surface area contributed by atoms with E-state index < -0.39 is 0 Å². The maximum absolute atomic E-state index is 3.75. The molecule has 1 saturated heterocycles. The second kappa shape index (κ2) is 7.02. The molecule has 4 unspecified atom stereocenters. The molecule has 3 heteroatoms. The summed E-state index contributed by atoms with van der Waals surface area (Å²) >= 11 is 2.16. The average Bonchev–Trinajstić information content (AvgIpc) is 2.31. The lowest BCUT2D eigenvalue weighted by Gasteiger charge is -2.45. The van der Waals surface area contributed by atoms with Crippen LogP contribution in [0.3, 0.4) is 0 Å². The lowest BCUT2D eigenvalue weighted by molar-refractivity contribution is 0.0998. The fourth-order valence-corrected chi connectivity index (χ4v) is 5.61. The summed E-state index contributed by atoms with van der Waals surface area (Å²) in [5.74, 6) is 0.834. The molecular weight excluding hydrogens is 264 g/mol. The van der Waals surface area contributed by atoms with Crippen molar-refractivity contribution in [3.05, 3.63) is 0 Å². The highest BCUT2D eigenvalue weighted by molar-refractivity contribution is 8.00. The Morgan fingerprint density at radius 1 is 1.20 bits per heavy atom.